The summed E-state index contributed by atoms with van der Waals surface area (Å²) < 4.78 is 27.6. The Hall–Kier alpha value is 0.380. The van der Waals surface area contributed by atoms with Gasteiger partial charge in [-0.2, -0.15) is 0 Å². The second-order valence-electron chi connectivity index (χ2n) is 4.01. The molecule has 0 saturated carbocycles. The lowest BCUT2D eigenvalue weighted by Crippen LogP contribution is -2.34. The first-order chi connectivity index (χ1) is 7.72. The maximum Gasteiger partial charge on any atom is 0.241 e. The molecule has 17 heavy (non-hydrogen) atoms. The Labute approximate surface area is 120 Å². The number of alkyl halides is 1. The third kappa shape index (κ3) is 4.52. The Morgan fingerprint density at radius 3 is 2.53 bits per heavy atom. The molecule has 2 atom stereocenters. The molecule has 1 aromatic rings. The summed E-state index contributed by atoms with van der Waals surface area (Å²) in [6.07, 6.45) is 0.602. The van der Waals surface area contributed by atoms with Crippen LogP contribution in [0.5, 0.6) is 0 Å². The lowest BCUT2D eigenvalue weighted by molar-refractivity contribution is 0.545. The van der Waals surface area contributed by atoms with E-state index in [4.69, 9.17) is 11.6 Å². The summed E-state index contributed by atoms with van der Waals surface area (Å²) in [5, 5.41) is -0.0528. The van der Waals surface area contributed by atoms with Crippen molar-refractivity contribution in [3.05, 3.63) is 14.7 Å². The highest BCUT2D eigenvalue weighted by atomic mass is 79.9. The van der Waals surface area contributed by atoms with Crippen LogP contribution in [0.2, 0.25) is 0 Å². The fraction of sp³-hybridized carbons (Fsp3) is 0.600. The molecule has 7 heteroatoms. The van der Waals surface area contributed by atoms with Gasteiger partial charge in [-0.1, -0.05) is 0 Å². The molecule has 98 valence electrons. The van der Waals surface area contributed by atoms with Gasteiger partial charge >= 0.3 is 0 Å². The van der Waals surface area contributed by atoms with Gasteiger partial charge in [0.15, 0.2) is 0 Å². The topological polar surface area (TPSA) is 46.2 Å². The van der Waals surface area contributed by atoms with E-state index in [1.807, 2.05) is 13.8 Å². The molecule has 0 aromatic carbocycles. The Balaban J connectivity index is 2.86. The molecular weight excluding hydrogens is 346 g/mol. The molecule has 1 rings (SSSR count). The van der Waals surface area contributed by atoms with Gasteiger partial charge in [-0.15, -0.1) is 22.9 Å². The number of thiophene rings is 1. The van der Waals surface area contributed by atoms with Gasteiger partial charge in [0.05, 0.1) is 8.68 Å². The second kappa shape index (κ2) is 6.02. The minimum absolute atomic E-state index is 0.0528. The predicted molar refractivity (Wildman–Crippen MR) is 76.5 cm³/mol. The smallest absolute Gasteiger partial charge is 0.208 e. The third-order valence-corrected chi connectivity index (χ3v) is 5.74. The molecule has 0 fully saturated rings. The van der Waals surface area contributed by atoms with Crippen molar-refractivity contribution in [1.29, 1.82) is 0 Å². The number of nitrogens with one attached hydrogen (secondary N) is 1. The Morgan fingerprint density at radius 1 is 1.53 bits per heavy atom. The predicted octanol–water partition coefficient (Wildman–Crippen LogP) is 3.50. The second-order valence-corrected chi connectivity index (χ2v) is 9.07. The number of halogens is 2. The molecule has 3 nitrogen and oxygen atoms in total. The number of sulfonamides is 1. The van der Waals surface area contributed by atoms with Crippen LogP contribution < -0.4 is 4.72 Å². The van der Waals surface area contributed by atoms with E-state index in [0.29, 0.717) is 11.3 Å². The maximum atomic E-state index is 12.1. The van der Waals surface area contributed by atoms with Gasteiger partial charge in [0.25, 0.3) is 0 Å². The van der Waals surface area contributed by atoms with Crippen LogP contribution in [0.1, 0.15) is 25.1 Å². The molecule has 1 aromatic heterocycles. The van der Waals surface area contributed by atoms with Gasteiger partial charge in [0, 0.05) is 16.3 Å². The van der Waals surface area contributed by atoms with Gasteiger partial charge < -0.3 is 0 Å². The standard InChI is InChI=1S/C10H15BrClNO2S2/c1-6(12)4-7(2)13-17(14,15)9-5-10(11)16-8(9)3/h5-7,13H,4H2,1-3H3. The molecule has 0 aliphatic heterocycles. The summed E-state index contributed by atoms with van der Waals surface area (Å²) in [6.45, 7) is 5.45. The average Bonchev–Trinajstić information content (AvgIpc) is 2.42. The molecule has 2 unspecified atom stereocenters. The van der Waals surface area contributed by atoms with E-state index in [0.717, 1.165) is 8.66 Å². The minimum Gasteiger partial charge on any atom is -0.208 e. The van der Waals surface area contributed by atoms with E-state index < -0.39 is 10.0 Å². The van der Waals surface area contributed by atoms with Crippen molar-refractivity contribution in [2.24, 2.45) is 0 Å². The van der Waals surface area contributed by atoms with E-state index in [1.165, 1.54) is 11.3 Å². The SMILES string of the molecule is Cc1sc(Br)cc1S(=O)(=O)NC(C)CC(C)Cl. The van der Waals surface area contributed by atoms with Crippen LogP contribution in [-0.2, 0) is 10.0 Å². The van der Waals surface area contributed by atoms with E-state index in [-0.39, 0.29) is 11.4 Å². The minimum atomic E-state index is -3.44. The van der Waals surface area contributed by atoms with E-state index in [1.54, 1.807) is 13.0 Å². The highest BCUT2D eigenvalue weighted by Crippen LogP contribution is 2.29. The zero-order valence-corrected chi connectivity index (χ0v) is 13.8. The number of hydrogen-bond donors (Lipinski definition) is 1. The zero-order chi connectivity index (χ0) is 13.2. The molecule has 0 saturated heterocycles. The van der Waals surface area contributed by atoms with Gasteiger partial charge in [-0.25, -0.2) is 13.1 Å². The highest BCUT2D eigenvalue weighted by Gasteiger charge is 2.22. The van der Waals surface area contributed by atoms with Gasteiger partial charge in [0.1, 0.15) is 0 Å². The van der Waals surface area contributed by atoms with Crippen molar-refractivity contribution in [3.8, 4) is 0 Å². The largest absolute Gasteiger partial charge is 0.241 e. The van der Waals surface area contributed by atoms with Gasteiger partial charge in [-0.05, 0) is 49.2 Å². The molecule has 0 spiro atoms. The van der Waals surface area contributed by atoms with Crippen molar-refractivity contribution in [3.63, 3.8) is 0 Å². The lowest BCUT2D eigenvalue weighted by atomic mass is 10.2. The highest BCUT2D eigenvalue weighted by molar-refractivity contribution is 9.11. The molecule has 0 aliphatic carbocycles. The van der Waals surface area contributed by atoms with Crippen LogP contribution >= 0.6 is 38.9 Å². The first-order valence-corrected chi connectivity index (χ1v) is 8.67. The Kier molecular flexibility index (Phi) is 5.46. The summed E-state index contributed by atoms with van der Waals surface area (Å²) in [5.41, 5.74) is 0. The molecule has 0 bridgehead atoms. The zero-order valence-electron chi connectivity index (χ0n) is 9.83. The third-order valence-electron chi connectivity index (χ3n) is 2.17. The molecule has 1 heterocycles. The molecule has 1 N–H and O–H groups in total. The molecule has 0 amide bonds. The quantitative estimate of drug-likeness (QED) is 0.817. The molecule has 0 aliphatic rings. The number of aryl methyl sites for hydroxylation is 1. The molecular formula is C10H15BrClNO2S2. The van der Waals surface area contributed by atoms with Gasteiger partial charge in [0.2, 0.25) is 10.0 Å². The number of hydrogen-bond acceptors (Lipinski definition) is 3. The Bertz CT molecular complexity index is 484. The Morgan fingerprint density at radius 2 is 2.12 bits per heavy atom. The van der Waals surface area contributed by atoms with Crippen molar-refractivity contribution < 1.29 is 8.42 Å². The van der Waals surface area contributed by atoms with Crippen LogP contribution in [-0.4, -0.2) is 19.8 Å². The maximum absolute atomic E-state index is 12.1. The van der Waals surface area contributed by atoms with Crippen LogP contribution in [0.3, 0.4) is 0 Å². The fourth-order valence-electron chi connectivity index (χ4n) is 1.56. The van der Waals surface area contributed by atoms with E-state index >= 15 is 0 Å². The van der Waals surface area contributed by atoms with Crippen molar-refractivity contribution in [1.82, 2.24) is 4.72 Å². The van der Waals surface area contributed by atoms with Gasteiger partial charge in [-0.3, -0.25) is 0 Å². The van der Waals surface area contributed by atoms with E-state index in [9.17, 15) is 8.42 Å². The van der Waals surface area contributed by atoms with Crippen molar-refractivity contribution in [2.45, 2.75) is 43.5 Å². The van der Waals surface area contributed by atoms with Crippen LogP contribution in [0, 0.1) is 6.92 Å². The number of rotatable bonds is 5. The summed E-state index contributed by atoms with van der Waals surface area (Å²) in [7, 11) is -3.44. The van der Waals surface area contributed by atoms with Crippen molar-refractivity contribution in [2.75, 3.05) is 0 Å². The fourth-order valence-corrected chi connectivity index (χ4v) is 5.50. The summed E-state index contributed by atoms with van der Waals surface area (Å²) in [4.78, 5) is 1.11. The average molecular weight is 361 g/mol. The summed E-state index contributed by atoms with van der Waals surface area (Å²) in [6, 6.07) is 1.45. The first-order valence-electron chi connectivity index (χ1n) is 5.14. The van der Waals surface area contributed by atoms with Crippen molar-refractivity contribution >= 4 is 48.9 Å². The lowest BCUT2D eigenvalue weighted by Gasteiger charge is -2.15. The first kappa shape index (κ1) is 15.4. The van der Waals surface area contributed by atoms with E-state index in [2.05, 4.69) is 20.7 Å². The monoisotopic (exact) mass is 359 g/mol. The van der Waals surface area contributed by atoms with Crippen LogP contribution in [0.4, 0.5) is 0 Å². The summed E-state index contributed by atoms with van der Waals surface area (Å²) >= 11 is 10.5. The van der Waals surface area contributed by atoms with Crippen LogP contribution in [0.15, 0.2) is 14.7 Å². The van der Waals surface area contributed by atoms with Crippen LogP contribution in [0.25, 0.3) is 0 Å². The molecule has 0 radical (unpaired) electrons. The summed E-state index contributed by atoms with van der Waals surface area (Å²) in [5.74, 6) is 0. The normalized spacial score (nSPS) is 15.8.